The van der Waals surface area contributed by atoms with Crippen LogP contribution in [0.4, 0.5) is 11.5 Å². The molecule has 0 saturated heterocycles. The third-order valence-electron chi connectivity index (χ3n) is 1.87. The Morgan fingerprint density at radius 3 is 2.47 bits per heavy atom. The van der Waals surface area contributed by atoms with Crippen molar-refractivity contribution in [1.82, 2.24) is 4.98 Å². The number of aromatic nitrogens is 1. The Morgan fingerprint density at radius 1 is 1.00 bits per heavy atom. The minimum Gasteiger partial charge on any atom is -0.508 e. The van der Waals surface area contributed by atoms with Crippen molar-refractivity contribution in [2.45, 2.75) is 0 Å². The predicted octanol–water partition coefficient (Wildman–Crippen LogP) is 2.91. The number of nitrogens with zero attached hydrogens (tertiary/aromatic N) is 3. The van der Waals surface area contributed by atoms with Crippen LogP contribution in [0.3, 0.4) is 0 Å². The average molecular weight is 281 g/mol. The van der Waals surface area contributed by atoms with Crippen molar-refractivity contribution < 1.29 is 29.7 Å². The Kier molecular flexibility index (Phi) is 4.73. The van der Waals surface area contributed by atoms with Gasteiger partial charge >= 0.3 is 0 Å². The van der Waals surface area contributed by atoms with Crippen LogP contribution in [0.25, 0.3) is 0 Å². The molecule has 5 nitrogen and oxygen atoms in total. The van der Waals surface area contributed by atoms with Gasteiger partial charge in [-0.05, 0) is 24.3 Å². The van der Waals surface area contributed by atoms with Gasteiger partial charge in [0, 0.05) is 31.7 Å². The Labute approximate surface area is 111 Å². The molecule has 0 atom stereocenters. The average Bonchev–Trinajstić information content (AvgIpc) is 2.29. The summed E-state index contributed by atoms with van der Waals surface area (Å²) in [7, 11) is 0. The first kappa shape index (κ1) is 13.3. The second-order valence-corrected chi connectivity index (χ2v) is 3.06. The molecule has 0 bridgehead atoms. The molecule has 0 spiro atoms. The Balaban J connectivity index is 0.00000144. The fraction of sp³-hybridized carbons (Fsp3) is 0. The maximum absolute atomic E-state index is 9.44. The van der Waals surface area contributed by atoms with E-state index >= 15 is 0 Å². The number of phenolic OH excluding ortho intramolecular Hbond substituents is 2. The minimum atomic E-state index is -0.125. The van der Waals surface area contributed by atoms with Crippen molar-refractivity contribution in [3.63, 3.8) is 0 Å². The van der Waals surface area contributed by atoms with Crippen LogP contribution in [0, 0.1) is 0 Å². The molecule has 6 heteroatoms. The van der Waals surface area contributed by atoms with Crippen LogP contribution in [0.5, 0.6) is 11.5 Å². The van der Waals surface area contributed by atoms with Crippen LogP contribution in [-0.2, 0) is 19.5 Å². The molecule has 2 aromatic rings. The van der Waals surface area contributed by atoms with Gasteiger partial charge in [-0.2, -0.15) is 0 Å². The summed E-state index contributed by atoms with van der Waals surface area (Å²) >= 11 is 0. The van der Waals surface area contributed by atoms with Gasteiger partial charge in [-0.15, -0.1) is 10.2 Å². The molecule has 0 amide bonds. The topological polar surface area (TPSA) is 78.1 Å². The smallest absolute Gasteiger partial charge is 0.174 e. The van der Waals surface area contributed by atoms with E-state index in [9.17, 15) is 5.11 Å². The number of aromatic hydroxyl groups is 2. The number of rotatable bonds is 2. The summed E-state index contributed by atoms with van der Waals surface area (Å²) in [5.41, 5.74) is 0.281. The SMILES string of the molecule is Oc1ccc(/N=N/c2ccccn2)c(O)c1.[Zn]. The van der Waals surface area contributed by atoms with Crippen molar-refractivity contribution >= 4 is 11.5 Å². The first-order valence-electron chi connectivity index (χ1n) is 4.60. The van der Waals surface area contributed by atoms with Crippen molar-refractivity contribution in [2.75, 3.05) is 0 Å². The summed E-state index contributed by atoms with van der Waals surface area (Å²) in [6.07, 6.45) is 1.60. The molecular formula is C11H9N3O2Zn. The fourth-order valence-corrected chi connectivity index (χ4v) is 1.11. The van der Waals surface area contributed by atoms with Crippen molar-refractivity contribution in [2.24, 2.45) is 10.2 Å². The van der Waals surface area contributed by atoms with Crippen molar-refractivity contribution in [1.29, 1.82) is 0 Å². The first-order chi connectivity index (χ1) is 7.75. The minimum absolute atomic E-state index is 0. The van der Waals surface area contributed by atoms with Crippen LogP contribution < -0.4 is 0 Å². The number of hydrogen-bond acceptors (Lipinski definition) is 5. The van der Waals surface area contributed by atoms with Crippen LogP contribution in [0.1, 0.15) is 0 Å². The van der Waals surface area contributed by atoms with Gasteiger partial charge in [-0.3, -0.25) is 0 Å². The van der Waals surface area contributed by atoms with E-state index in [1.54, 1.807) is 24.4 Å². The zero-order chi connectivity index (χ0) is 11.4. The molecule has 0 saturated carbocycles. The van der Waals surface area contributed by atoms with Gasteiger partial charge < -0.3 is 10.2 Å². The zero-order valence-electron chi connectivity index (χ0n) is 8.98. The summed E-state index contributed by atoms with van der Waals surface area (Å²) < 4.78 is 0. The molecule has 82 valence electrons. The van der Waals surface area contributed by atoms with Gasteiger partial charge in [0.15, 0.2) is 5.82 Å². The molecule has 0 fully saturated rings. The molecule has 2 rings (SSSR count). The van der Waals surface area contributed by atoms with E-state index in [1.165, 1.54) is 18.2 Å². The van der Waals surface area contributed by atoms with E-state index in [0.717, 1.165) is 0 Å². The van der Waals surface area contributed by atoms with Gasteiger partial charge in [-0.25, -0.2) is 4.98 Å². The molecular weight excluding hydrogens is 272 g/mol. The van der Waals surface area contributed by atoms with E-state index in [1.807, 2.05) is 0 Å². The van der Waals surface area contributed by atoms with Gasteiger partial charge in [0.05, 0.1) is 0 Å². The van der Waals surface area contributed by atoms with Gasteiger partial charge in [-0.1, -0.05) is 6.07 Å². The standard InChI is InChI=1S/C11H9N3O2.Zn/c15-8-4-5-9(10(16)7-8)13-14-11-3-1-2-6-12-11;/h1-7,15-16H;/b14-13+;. The molecule has 0 aliphatic heterocycles. The van der Waals surface area contributed by atoms with Crippen molar-refractivity contribution in [3.8, 4) is 11.5 Å². The van der Waals surface area contributed by atoms with Crippen molar-refractivity contribution in [3.05, 3.63) is 42.6 Å². The monoisotopic (exact) mass is 279 g/mol. The maximum Gasteiger partial charge on any atom is 0.174 e. The molecule has 17 heavy (non-hydrogen) atoms. The molecule has 1 heterocycles. The van der Waals surface area contributed by atoms with E-state index in [0.29, 0.717) is 5.82 Å². The molecule has 0 aliphatic rings. The Bertz CT molecular complexity index is 517. The van der Waals surface area contributed by atoms with Gasteiger partial charge in [0.2, 0.25) is 0 Å². The Morgan fingerprint density at radius 2 is 1.82 bits per heavy atom. The second kappa shape index (κ2) is 6.06. The zero-order valence-corrected chi connectivity index (χ0v) is 12.0. The van der Waals surface area contributed by atoms with Gasteiger partial charge in [0.1, 0.15) is 17.2 Å². The maximum atomic E-state index is 9.44. The predicted molar refractivity (Wildman–Crippen MR) is 58.2 cm³/mol. The van der Waals surface area contributed by atoms with E-state index < -0.39 is 0 Å². The number of azo groups is 1. The largest absolute Gasteiger partial charge is 0.508 e. The summed E-state index contributed by atoms with van der Waals surface area (Å²) in [5.74, 6) is 0.309. The van der Waals surface area contributed by atoms with Crippen LogP contribution >= 0.6 is 0 Å². The Hall–Kier alpha value is -1.81. The molecule has 0 aliphatic carbocycles. The normalized spacial score (nSPS) is 10.1. The van der Waals surface area contributed by atoms with Crippen LogP contribution in [-0.4, -0.2) is 15.2 Å². The van der Waals surface area contributed by atoms with Crippen LogP contribution in [0.2, 0.25) is 0 Å². The number of benzene rings is 1. The molecule has 2 N–H and O–H groups in total. The van der Waals surface area contributed by atoms with Gasteiger partial charge in [0.25, 0.3) is 0 Å². The molecule has 1 aromatic heterocycles. The molecule has 0 radical (unpaired) electrons. The fourth-order valence-electron chi connectivity index (χ4n) is 1.11. The summed E-state index contributed by atoms with van der Waals surface area (Å²) in [5, 5.41) is 26.2. The summed E-state index contributed by atoms with van der Waals surface area (Å²) in [4.78, 5) is 3.95. The third kappa shape index (κ3) is 3.61. The number of phenols is 2. The number of hydrogen-bond donors (Lipinski definition) is 2. The first-order valence-corrected chi connectivity index (χ1v) is 4.60. The quantitative estimate of drug-likeness (QED) is 0.656. The third-order valence-corrected chi connectivity index (χ3v) is 1.87. The van der Waals surface area contributed by atoms with E-state index in [2.05, 4.69) is 15.2 Å². The van der Waals surface area contributed by atoms with E-state index in [4.69, 9.17) is 5.11 Å². The van der Waals surface area contributed by atoms with E-state index in [-0.39, 0.29) is 36.7 Å². The summed E-state index contributed by atoms with van der Waals surface area (Å²) in [6, 6.07) is 9.35. The summed E-state index contributed by atoms with van der Waals surface area (Å²) in [6.45, 7) is 0. The molecule has 1 aromatic carbocycles. The molecule has 0 unspecified atom stereocenters. The second-order valence-electron chi connectivity index (χ2n) is 3.06. The number of pyridine rings is 1. The van der Waals surface area contributed by atoms with Crippen LogP contribution in [0.15, 0.2) is 52.8 Å².